The Morgan fingerprint density at radius 3 is 2.69 bits per heavy atom. The number of hydrogen-bond acceptors (Lipinski definition) is 2. The molecule has 0 saturated carbocycles. The van der Waals surface area contributed by atoms with Gasteiger partial charge in [-0.25, -0.2) is 4.39 Å². The predicted octanol–water partition coefficient (Wildman–Crippen LogP) is 1.89. The molecule has 0 aliphatic heterocycles. The highest BCUT2D eigenvalue weighted by Crippen LogP contribution is 2.27. The molecular weight excluding hydrogens is 195 g/mol. The summed E-state index contributed by atoms with van der Waals surface area (Å²) in [5.74, 6) is -0.548. The van der Waals surface area contributed by atoms with Crippen molar-refractivity contribution in [1.29, 1.82) is 0 Å². The van der Waals surface area contributed by atoms with Crippen molar-refractivity contribution in [3.8, 4) is 0 Å². The maximum absolute atomic E-state index is 13.1. The van der Waals surface area contributed by atoms with Gasteiger partial charge in [-0.15, -0.1) is 0 Å². The minimum absolute atomic E-state index is 0.0539. The fourth-order valence-electron chi connectivity index (χ4n) is 1.10. The summed E-state index contributed by atoms with van der Waals surface area (Å²) in [5, 5.41) is 18.1. The van der Waals surface area contributed by atoms with E-state index >= 15 is 0 Å². The maximum Gasteiger partial charge on any atom is 0.130 e. The first-order chi connectivity index (χ1) is 6.16. The molecule has 1 unspecified atom stereocenters. The van der Waals surface area contributed by atoms with Gasteiger partial charge < -0.3 is 10.2 Å². The first-order valence-corrected chi connectivity index (χ1v) is 4.27. The minimum atomic E-state index is -1.04. The third-order valence-corrected chi connectivity index (χ3v) is 2.07. The Balaban J connectivity index is 2.98. The smallest absolute Gasteiger partial charge is 0.130 e. The van der Waals surface area contributed by atoms with Crippen LogP contribution in [0.1, 0.15) is 18.1 Å². The van der Waals surface area contributed by atoms with Crippen molar-refractivity contribution in [2.75, 3.05) is 6.61 Å². The van der Waals surface area contributed by atoms with Crippen LogP contribution >= 0.6 is 11.6 Å². The first kappa shape index (κ1) is 10.4. The third-order valence-electron chi connectivity index (χ3n) is 1.74. The highest BCUT2D eigenvalue weighted by atomic mass is 35.5. The standard InChI is InChI=1S/C9H10ClFO2/c10-6-2-1-3-7(11)9(6)8(13)4-5-12/h1-3,8,12-13H,4-5H2. The molecule has 0 radical (unpaired) electrons. The maximum atomic E-state index is 13.1. The second kappa shape index (κ2) is 4.56. The van der Waals surface area contributed by atoms with E-state index in [2.05, 4.69) is 0 Å². The van der Waals surface area contributed by atoms with Crippen LogP contribution in [-0.4, -0.2) is 16.8 Å². The zero-order valence-corrected chi connectivity index (χ0v) is 7.63. The van der Waals surface area contributed by atoms with Crippen LogP contribution in [0.25, 0.3) is 0 Å². The van der Waals surface area contributed by atoms with Gasteiger partial charge in [0.05, 0.1) is 6.10 Å². The summed E-state index contributed by atoms with van der Waals surface area (Å²) < 4.78 is 13.1. The Morgan fingerprint density at radius 1 is 1.46 bits per heavy atom. The van der Waals surface area contributed by atoms with Crippen LogP contribution in [0, 0.1) is 5.82 Å². The number of rotatable bonds is 3. The van der Waals surface area contributed by atoms with Crippen LogP contribution in [0.2, 0.25) is 5.02 Å². The summed E-state index contributed by atoms with van der Waals surface area (Å²) in [6.45, 7) is -0.203. The average molecular weight is 205 g/mol. The van der Waals surface area contributed by atoms with E-state index in [0.717, 1.165) is 0 Å². The van der Waals surface area contributed by atoms with E-state index in [9.17, 15) is 9.50 Å². The fourth-order valence-corrected chi connectivity index (χ4v) is 1.38. The van der Waals surface area contributed by atoms with Crippen molar-refractivity contribution >= 4 is 11.6 Å². The molecule has 2 nitrogen and oxygen atoms in total. The van der Waals surface area contributed by atoms with Gasteiger partial charge in [0.1, 0.15) is 5.82 Å². The van der Waals surface area contributed by atoms with Gasteiger partial charge >= 0.3 is 0 Å². The molecule has 2 N–H and O–H groups in total. The molecule has 13 heavy (non-hydrogen) atoms. The van der Waals surface area contributed by atoms with Gasteiger partial charge in [0.15, 0.2) is 0 Å². The van der Waals surface area contributed by atoms with Crippen LogP contribution in [0.3, 0.4) is 0 Å². The Labute approximate surface area is 80.6 Å². The molecule has 1 rings (SSSR count). The summed E-state index contributed by atoms with van der Waals surface area (Å²) in [6, 6.07) is 4.19. The fraction of sp³-hybridized carbons (Fsp3) is 0.333. The molecule has 0 aliphatic carbocycles. The van der Waals surface area contributed by atoms with Crippen LogP contribution in [0.15, 0.2) is 18.2 Å². The summed E-state index contributed by atoms with van der Waals surface area (Å²) in [5.41, 5.74) is 0.0539. The lowest BCUT2D eigenvalue weighted by molar-refractivity contribution is 0.131. The summed E-state index contributed by atoms with van der Waals surface area (Å²) in [7, 11) is 0. The SMILES string of the molecule is OCCC(O)c1c(F)cccc1Cl. The first-order valence-electron chi connectivity index (χ1n) is 3.89. The lowest BCUT2D eigenvalue weighted by Gasteiger charge is -2.11. The molecular formula is C9H10ClFO2. The molecule has 1 aromatic rings. The lowest BCUT2D eigenvalue weighted by Crippen LogP contribution is -2.03. The molecule has 1 aromatic carbocycles. The monoisotopic (exact) mass is 204 g/mol. The molecule has 0 fully saturated rings. The molecule has 0 bridgehead atoms. The summed E-state index contributed by atoms with van der Waals surface area (Å²) in [6.07, 6.45) is -0.959. The van der Waals surface area contributed by atoms with Crippen LogP contribution < -0.4 is 0 Å². The molecule has 0 saturated heterocycles. The zero-order chi connectivity index (χ0) is 9.84. The van der Waals surface area contributed by atoms with Crippen LogP contribution in [-0.2, 0) is 0 Å². The van der Waals surface area contributed by atoms with Gasteiger partial charge in [-0.3, -0.25) is 0 Å². The number of aliphatic hydroxyl groups is 2. The summed E-state index contributed by atoms with van der Waals surface area (Å²) in [4.78, 5) is 0. The second-order valence-electron chi connectivity index (χ2n) is 2.66. The van der Waals surface area contributed by atoms with E-state index in [1.807, 2.05) is 0 Å². The quantitative estimate of drug-likeness (QED) is 0.790. The van der Waals surface area contributed by atoms with Crippen molar-refractivity contribution in [3.63, 3.8) is 0 Å². The van der Waals surface area contributed by atoms with Gasteiger partial charge in [0, 0.05) is 23.6 Å². The molecule has 72 valence electrons. The van der Waals surface area contributed by atoms with Crippen molar-refractivity contribution < 1.29 is 14.6 Å². The molecule has 0 spiro atoms. The normalized spacial score (nSPS) is 12.9. The van der Waals surface area contributed by atoms with Crippen LogP contribution in [0.5, 0.6) is 0 Å². The topological polar surface area (TPSA) is 40.5 Å². The van der Waals surface area contributed by atoms with E-state index in [-0.39, 0.29) is 23.6 Å². The Hall–Kier alpha value is -0.640. The molecule has 1 atom stereocenters. The number of benzene rings is 1. The highest BCUT2D eigenvalue weighted by Gasteiger charge is 2.15. The Bertz CT molecular complexity index is 271. The van der Waals surface area contributed by atoms with Gasteiger partial charge in [0.25, 0.3) is 0 Å². The second-order valence-corrected chi connectivity index (χ2v) is 3.07. The van der Waals surface area contributed by atoms with Crippen LogP contribution in [0.4, 0.5) is 4.39 Å². The van der Waals surface area contributed by atoms with Crippen molar-refractivity contribution in [3.05, 3.63) is 34.6 Å². The largest absolute Gasteiger partial charge is 0.396 e. The van der Waals surface area contributed by atoms with Gasteiger partial charge in [-0.2, -0.15) is 0 Å². The summed E-state index contributed by atoms with van der Waals surface area (Å²) >= 11 is 5.68. The van der Waals surface area contributed by atoms with E-state index in [1.165, 1.54) is 18.2 Å². The van der Waals surface area contributed by atoms with Gasteiger partial charge in [0.2, 0.25) is 0 Å². The molecule has 0 amide bonds. The Kier molecular flexibility index (Phi) is 3.66. The minimum Gasteiger partial charge on any atom is -0.396 e. The van der Waals surface area contributed by atoms with E-state index in [0.29, 0.717) is 0 Å². The van der Waals surface area contributed by atoms with Crippen molar-refractivity contribution in [2.24, 2.45) is 0 Å². The van der Waals surface area contributed by atoms with E-state index in [1.54, 1.807) is 0 Å². The third kappa shape index (κ3) is 2.40. The number of hydrogen-bond donors (Lipinski definition) is 2. The highest BCUT2D eigenvalue weighted by molar-refractivity contribution is 6.31. The number of halogens is 2. The average Bonchev–Trinajstić information content (AvgIpc) is 2.04. The van der Waals surface area contributed by atoms with E-state index < -0.39 is 11.9 Å². The lowest BCUT2D eigenvalue weighted by atomic mass is 10.1. The zero-order valence-electron chi connectivity index (χ0n) is 6.87. The number of aliphatic hydroxyl groups excluding tert-OH is 2. The van der Waals surface area contributed by atoms with Gasteiger partial charge in [-0.05, 0) is 12.1 Å². The van der Waals surface area contributed by atoms with Crippen molar-refractivity contribution in [2.45, 2.75) is 12.5 Å². The van der Waals surface area contributed by atoms with Crippen molar-refractivity contribution in [1.82, 2.24) is 0 Å². The molecule has 4 heteroatoms. The van der Waals surface area contributed by atoms with Gasteiger partial charge in [-0.1, -0.05) is 17.7 Å². The molecule has 0 aliphatic rings. The molecule has 0 heterocycles. The van der Waals surface area contributed by atoms with E-state index in [4.69, 9.17) is 16.7 Å². The Morgan fingerprint density at radius 2 is 2.15 bits per heavy atom. The molecule has 0 aromatic heterocycles. The predicted molar refractivity (Wildman–Crippen MR) is 48.1 cm³/mol.